The quantitative estimate of drug-likeness (QED) is 0.319. The Morgan fingerprint density at radius 3 is 2.32 bits per heavy atom. The number of amides is 1. The molecule has 1 N–H and O–H groups in total. The number of hydrogen-bond acceptors (Lipinski definition) is 5. The lowest BCUT2D eigenvalue weighted by atomic mass is 10.1. The van der Waals surface area contributed by atoms with Gasteiger partial charge in [-0.15, -0.1) is 10.2 Å². The van der Waals surface area contributed by atoms with E-state index in [0.29, 0.717) is 16.3 Å². The number of Topliss-reactive ketones (excluding diaryl/α,β-unsaturated/α-hetero) is 1. The standard InChI is InChI=1S/C25H21N3O2S/c1-16(29)19-11-8-12-20(15-19)26-24(30)17(2)31-25-22-14-7-6-13-21(22)23(27-28-25)18-9-4-3-5-10-18/h3-15,17H,1-2H3,(H,26,30). The molecule has 154 valence electrons. The van der Waals surface area contributed by atoms with E-state index in [1.807, 2.05) is 61.5 Å². The van der Waals surface area contributed by atoms with Crippen molar-refractivity contribution in [2.24, 2.45) is 0 Å². The molecule has 0 spiro atoms. The molecule has 1 heterocycles. The lowest BCUT2D eigenvalue weighted by molar-refractivity contribution is -0.115. The zero-order valence-electron chi connectivity index (χ0n) is 17.2. The van der Waals surface area contributed by atoms with Crippen LogP contribution in [0, 0.1) is 0 Å². The summed E-state index contributed by atoms with van der Waals surface area (Å²) >= 11 is 1.36. The molecule has 1 aromatic heterocycles. The van der Waals surface area contributed by atoms with Gasteiger partial charge in [-0.2, -0.15) is 0 Å². The van der Waals surface area contributed by atoms with Gasteiger partial charge in [-0.05, 0) is 26.0 Å². The van der Waals surface area contributed by atoms with Gasteiger partial charge in [0.2, 0.25) is 5.91 Å². The monoisotopic (exact) mass is 427 g/mol. The fourth-order valence-electron chi connectivity index (χ4n) is 3.26. The minimum absolute atomic E-state index is 0.0428. The topological polar surface area (TPSA) is 72.0 Å². The number of anilines is 1. The molecule has 1 amide bonds. The number of benzene rings is 3. The second-order valence-electron chi connectivity index (χ2n) is 7.15. The van der Waals surface area contributed by atoms with Crippen LogP contribution in [-0.2, 0) is 4.79 Å². The van der Waals surface area contributed by atoms with Crippen molar-refractivity contribution in [3.63, 3.8) is 0 Å². The van der Waals surface area contributed by atoms with Gasteiger partial charge in [0, 0.05) is 27.6 Å². The van der Waals surface area contributed by atoms with E-state index in [1.165, 1.54) is 18.7 Å². The average molecular weight is 428 g/mol. The Hall–Kier alpha value is -3.51. The number of nitrogens with zero attached hydrogens (tertiary/aromatic N) is 2. The SMILES string of the molecule is CC(=O)c1cccc(NC(=O)C(C)Sc2nnc(-c3ccccc3)c3ccccc23)c1. The molecule has 0 bridgehead atoms. The zero-order chi connectivity index (χ0) is 21.8. The first-order valence-corrected chi connectivity index (χ1v) is 10.8. The van der Waals surface area contributed by atoms with Gasteiger partial charge in [-0.1, -0.05) is 78.5 Å². The fourth-order valence-corrected chi connectivity index (χ4v) is 4.15. The van der Waals surface area contributed by atoms with Crippen molar-refractivity contribution in [1.29, 1.82) is 0 Å². The zero-order valence-corrected chi connectivity index (χ0v) is 18.0. The van der Waals surface area contributed by atoms with Crippen molar-refractivity contribution in [2.75, 3.05) is 5.32 Å². The van der Waals surface area contributed by atoms with Crippen molar-refractivity contribution in [3.8, 4) is 11.3 Å². The van der Waals surface area contributed by atoms with Gasteiger partial charge < -0.3 is 5.32 Å². The van der Waals surface area contributed by atoms with Crippen LogP contribution in [-0.4, -0.2) is 27.1 Å². The molecule has 0 radical (unpaired) electrons. The summed E-state index contributed by atoms with van der Waals surface area (Å²) in [4.78, 5) is 24.3. The van der Waals surface area contributed by atoms with E-state index in [1.54, 1.807) is 24.3 Å². The third-order valence-electron chi connectivity index (χ3n) is 4.89. The third-order valence-corrected chi connectivity index (χ3v) is 5.99. The van der Waals surface area contributed by atoms with E-state index in [4.69, 9.17) is 0 Å². The van der Waals surface area contributed by atoms with Crippen LogP contribution in [0.25, 0.3) is 22.0 Å². The number of aromatic nitrogens is 2. The molecule has 6 heteroatoms. The van der Waals surface area contributed by atoms with E-state index in [0.717, 1.165) is 22.0 Å². The number of ketones is 1. The van der Waals surface area contributed by atoms with Gasteiger partial charge in [0.15, 0.2) is 5.78 Å². The van der Waals surface area contributed by atoms with Gasteiger partial charge >= 0.3 is 0 Å². The largest absolute Gasteiger partial charge is 0.325 e. The van der Waals surface area contributed by atoms with E-state index in [2.05, 4.69) is 15.5 Å². The second-order valence-corrected chi connectivity index (χ2v) is 8.48. The predicted octanol–water partition coefficient (Wildman–Crippen LogP) is 5.62. The van der Waals surface area contributed by atoms with Gasteiger partial charge in [0.25, 0.3) is 0 Å². The molecule has 0 aliphatic rings. The molecule has 4 aromatic rings. The Morgan fingerprint density at radius 1 is 0.871 bits per heavy atom. The van der Waals surface area contributed by atoms with Crippen LogP contribution in [0.3, 0.4) is 0 Å². The lowest BCUT2D eigenvalue weighted by Gasteiger charge is -2.14. The maximum atomic E-state index is 12.8. The molecular weight excluding hydrogens is 406 g/mol. The third kappa shape index (κ3) is 4.64. The molecule has 0 saturated heterocycles. The van der Waals surface area contributed by atoms with Gasteiger partial charge in [-0.25, -0.2) is 0 Å². The highest BCUT2D eigenvalue weighted by Gasteiger charge is 2.19. The number of nitrogens with one attached hydrogen (secondary N) is 1. The maximum absolute atomic E-state index is 12.8. The minimum atomic E-state index is -0.402. The van der Waals surface area contributed by atoms with Crippen LogP contribution in [0.15, 0.2) is 83.9 Å². The predicted molar refractivity (Wildman–Crippen MR) is 125 cm³/mol. The molecule has 0 saturated carbocycles. The van der Waals surface area contributed by atoms with E-state index in [9.17, 15) is 9.59 Å². The van der Waals surface area contributed by atoms with Gasteiger partial charge in [-0.3, -0.25) is 9.59 Å². The molecule has 1 atom stereocenters. The summed E-state index contributed by atoms with van der Waals surface area (Å²) in [7, 11) is 0. The van der Waals surface area contributed by atoms with Crippen molar-refractivity contribution >= 4 is 39.9 Å². The first-order valence-electron chi connectivity index (χ1n) is 9.92. The highest BCUT2D eigenvalue weighted by Crippen LogP contribution is 2.33. The summed E-state index contributed by atoms with van der Waals surface area (Å²) < 4.78 is 0. The highest BCUT2D eigenvalue weighted by molar-refractivity contribution is 8.00. The lowest BCUT2D eigenvalue weighted by Crippen LogP contribution is -2.22. The summed E-state index contributed by atoms with van der Waals surface area (Å²) in [5.41, 5.74) is 2.98. The summed E-state index contributed by atoms with van der Waals surface area (Å²) in [5, 5.41) is 14.0. The highest BCUT2D eigenvalue weighted by atomic mass is 32.2. The molecular formula is C25H21N3O2S. The Bertz CT molecular complexity index is 1260. The Balaban J connectivity index is 1.58. The van der Waals surface area contributed by atoms with Gasteiger partial charge in [0.05, 0.1) is 5.25 Å². The van der Waals surface area contributed by atoms with Crippen LogP contribution in [0.5, 0.6) is 0 Å². The number of hydrogen-bond donors (Lipinski definition) is 1. The summed E-state index contributed by atoms with van der Waals surface area (Å²) in [6.07, 6.45) is 0. The normalized spacial score (nSPS) is 11.8. The van der Waals surface area contributed by atoms with Crippen molar-refractivity contribution in [2.45, 2.75) is 24.1 Å². The summed E-state index contributed by atoms with van der Waals surface area (Å²) in [6, 6.07) is 24.8. The number of rotatable bonds is 6. The first kappa shape index (κ1) is 20.8. The number of thioether (sulfide) groups is 1. The summed E-state index contributed by atoms with van der Waals surface area (Å²) in [6.45, 7) is 3.33. The van der Waals surface area contributed by atoms with E-state index in [-0.39, 0.29) is 11.7 Å². The minimum Gasteiger partial charge on any atom is -0.325 e. The molecule has 0 aliphatic carbocycles. The Morgan fingerprint density at radius 2 is 1.58 bits per heavy atom. The van der Waals surface area contributed by atoms with Crippen molar-refractivity contribution in [3.05, 3.63) is 84.4 Å². The maximum Gasteiger partial charge on any atom is 0.237 e. The van der Waals surface area contributed by atoms with Crippen molar-refractivity contribution in [1.82, 2.24) is 10.2 Å². The van der Waals surface area contributed by atoms with Crippen LogP contribution in [0.2, 0.25) is 0 Å². The van der Waals surface area contributed by atoms with E-state index >= 15 is 0 Å². The number of carbonyl (C=O) groups is 2. The molecule has 4 rings (SSSR count). The molecule has 0 fully saturated rings. The average Bonchev–Trinajstić information content (AvgIpc) is 2.80. The number of fused-ring (bicyclic) bond motifs is 1. The summed E-state index contributed by atoms with van der Waals surface area (Å²) in [5.74, 6) is -0.206. The molecule has 31 heavy (non-hydrogen) atoms. The molecule has 5 nitrogen and oxygen atoms in total. The first-order chi connectivity index (χ1) is 15.0. The number of carbonyl (C=O) groups excluding carboxylic acids is 2. The van der Waals surface area contributed by atoms with Crippen LogP contribution in [0.1, 0.15) is 24.2 Å². The molecule has 0 aliphatic heterocycles. The van der Waals surface area contributed by atoms with Crippen LogP contribution in [0.4, 0.5) is 5.69 Å². The Kier molecular flexibility index (Phi) is 6.09. The molecule has 3 aromatic carbocycles. The van der Waals surface area contributed by atoms with Crippen LogP contribution >= 0.6 is 11.8 Å². The molecule has 1 unspecified atom stereocenters. The van der Waals surface area contributed by atoms with Gasteiger partial charge in [0.1, 0.15) is 10.7 Å². The van der Waals surface area contributed by atoms with Crippen LogP contribution < -0.4 is 5.32 Å². The smallest absolute Gasteiger partial charge is 0.237 e. The van der Waals surface area contributed by atoms with E-state index < -0.39 is 5.25 Å². The van der Waals surface area contributed by atoms with Crippen molar-refractivity contribution < 1.29 is 9.59 Å². The second kappa shape index (κ2) is 9.10. The Labute approximate surface area is 184 Å². The fraction of sp³-hybridized carbons (Fsp3) is 0.120.